The van der Waals surface area contributed by atoms with Gasteiger partial charge in [-0.1, -0.05) is 6.92 Å². The highest BCUT2D eigenvalue weighted by Gasteiger charge is 2.24. The fourth-order valence-electron chi connectivity index (χ4n) is 2.05. The first-order valence-electron chi connectivity index (χ1n) is 7.11. The van der Waals surface area contributed by atoms with Gasteiger partial charge in [-0.05, 0) is 38.5 Å². The Morgan fingerprint density at radius 3 is 2.82 bits per heavy atom. The number of carbonyl (C=O) groups excluding carboxylic acids is 2. The van der Waals surface area contributed by atoms with E-state index < -0.39 is 17.9 Å². The molecular formula is C16H18FNO4. The van der Waals surface area contributed by atoms with Crippen molar-refractivity contribution in [1.29, 1.82) is 0 Å². The molecule has 1 aromatic carbocycles. The molecule has 0 saturated heterocycles. The Balaban J connectivity index is 2.16. The summed E-state index contributed by atoms with van der Waals surface area (Å²) in [6, 6.07) is 4.00. The van der Waals surface area contributed by atoms with Gasteiger partial charge < -0.3 is 14.5 Å². The number of amides is 1. The predicted octanol–water partition coefficient (Wildman–Crippen LogP) is 2.95. The molecule has 1 atom stereocenters. The SMILES string of the molecule is CCCNC(=O)[C@H](C)OC(=O)c1oc2ccc(F)cc2c1C. The van der Waals surface area contributed by atoms with E-state index in [0.29, 0.717) is 23.1 Å². The molecule has 118 valence electrons. The van der Waals surface area contributed by atoms with Crippen molar-refractivity contribution in [2.75, 3.05) is 6.54 Å². The number of furan rings is 1. The van der Waals surface area contributed by atoms with Gasteiger partial charge in [0.2, 0.25) is 5.76 Å². The molecule has 0 unspecified atom stereocenters. The van der Waals surface area contributed by atoms with Gasteiger partial charge in [-0.3, -0.25) is 4.79 Å². The Labute approximate surface area is 127 Å². The summed E-state index contributed by atoms with van der Waals surface area (Å²) in [6.45, 7) is 5.57. The summed E-state index contributed by atoms with van der Waals surface area (Å²) in [6.07, 6.45) is -0.135. The quantitative estimate of drug-likeness (QED) is 0.862. The average molecular weight is 307 g/mol. The first kappa shape index (κ1) is 16.0. The number of hydrogen-bond donors (Lipinski definition) is 1. The standard InChI is InChI=1S/C16H18FNO4/c1-4-7-18-15(19)10(3)21-16(20)14-9(2)12-8-11(17)5-6-13(12)22-14/h5-6,8,10H,4,7H2,1-3H3,(H,18,19)/t10-/m0/s1. The summed E-state index contributed by atoms with van der Waals surface area (Å²) in [5.74, 6) is -1.54. The van der Waals surface area contributed by atoms with Gasteiger partial charge in [0.15, 0.2) is 6.10 Å². The molecule has 6 heteroatoms. The van der Waals surface area contributed by atoms with Gasteiger partial charge in [0.05, 0.1) is 0 Å². The minimum Gasteiger partial charge on any atom is -0.449 e. The van der Waals surface area contributed by atoms with E-state index >= 15 is 0 Å². The van der Waals surface area contributed by atoms with Crippen molar-refractivity contribution < 1.29 is 23.1 Å². The first-order valence-corrected chi connectivity index (χ1v) is 7.11. The Morgan fingerprint density at radius 1 is 1.41 bits per heavy atom. The van der Waals surface area contributed by atoms with Crippen LogP contribution in [-0.2, 0) is 9.53 Å². The molecule has 1 heterocycles. The van der Waals surface area contributed by atoms with E-state index in [1.54, 1.807) is 6.92 Å². The number of rotatable bonds is 5. The fourth-order valence-corrected chi connectivity index (χ4v) is 2.05. The number of aryl methyl sites for hydroxylation is 1. The van der Waals surface area contributed by atoms with Crippen molar-refractivity contribution in [2.45, 2.75) is 33.3 Å². The lowest BCUT2D eigenvalue weighted by Gasteiger charge is -2.12. The molecule has 1 aromatic heterocycles. The smallest absolute Gasteiger partial charge is 0.375 e. The van der Waals surface area contributed by atoms with Crippen LogP contribution in [0.1, 0.15) is 36.4 Å². The number of ether oxygens (including phenoxy) is 1. The van der Waals surface area contributed by atoms with Crippen LogP contribution in [0.25, 0.3) is 11.0 Å². The molecule has 22 heavy (non-hydrogen) atoms. The maximum Gasteiger partial charge on any atom is 0.375 e. The minimum atomic E-state index is -0.927. The third-order valence-electron chi connectivity index (χ3n) is 3.29. The Kier molecular flexibility index (Phi) is 4.80. The van der Waals surface area contributed by atoms with Crippen LogP contribution in [0.5, 0.6) is 0 Å². The van der Waals surface area contributed by atoms with Gasteiger partial charge in [0, 0.05) is 17.5 Å². The molecule has 0 saturated carbocycles. The molecule has 0 fully saturated rings. The highest BCUT2D eigenvalue weighted by atomic mass is 19.1. The fraction of sp³-hybridized carbons (Fsp3) is 0.375. The summed E-state index contributed by atoms with van der Waals surface area (Å²) >= 11 is 0. The van der Waals surface area contributed by atoms with Gasteiger partial charge in [0.1, 0.15) is 11.4 Å². The lowest BCUT2D eigenvalue weighted by Crippen LogP contribution is -2.36. The third-order valence-corrected chi connectivity index (χ3v) is 3.29. The Morgan fingerprint density at radius 2 is 2.14 bits per heavy atom. The second-order valence-corrected chi connectivity index (χ2v) is 5.04. The normalized spacial score (nSPS) is 12.2. The number of carbonyl (C=O) groups is 2. The van der Waals surface area contributed by atoms with E-state index in [2.05, 4.69) is 5.32 Å². The molecule has 0 aliphatic carbocycles. The first-order chi connectivity index (χ1) is 10.4. The van der Waals surface area contributed by atoms with Crippen LogP contribution < -0.4 is 5.32 Å². The van der Waals surface area contributed by atoms with Crippen LogP contribution in [0.15, 0.2) is 22.6 Å². The van der Waals surface area contributed by atoms with Crippen LogP contribution in [0.3, 0.4) is 0 Å². The molecular weight excluding hydrogens is 289 g/mol. The average Bonchev–Trinajstić information content (AvgIpc) is 2.81. The van der Waals surface area contributed by atoms with E-state index in [4.69, 9.17) is 9.15 Å². The van der Waals surface area contributed by atoms with Crippen molar-refractivity contribution in [2.24, 2.45) is 0 Å². The summed E-state index contributed by atoms with van der Waals surface area (Å²) in [7, 11) is 0. The monoisotopic (exact) mass is 307 g/mol. The molecule has 1 N–H and O–H groups in total. The van der Waals surface area contributed by atoms with Gasteiger partial charge in [0.25, 0.3) is 5.91 Å². The maximum atomic E-state index is 13.3. The Bertz CT molecular complexity index is 707. The molecule has 2 aromatic rings. The molecule has 1 amide bonds. The second-order valence-electron chi connectivity index (χ2n) is 5.04. The summed E-state index contributed by atoms with van der Waals surface area (Å²) in [4.78, 5) is 23.8. The van der Waals surface area contributed by atoms with Crippen molar-refractivity contribution in [3.05, 3.63) is 35.3 Å². The van der Waals surface area contributed by atoms with Crippen molar-refractivity contribution in [3.63, 3.8) is 0 Å². The zero-order valence-corrected chi connectivity index (χ0v) is 12.7. The number of halogens is 1. The molecule has 0 bridgehead atoms. The summed E-state index contributed by atoms with van der Waals surface area (Å²) in [5, 5.41) is 3.15. The second kappa shape index (κ2) is 6.60. The molecule has 5 nitrogen and oxygen atoms in total. The lowest BCUT2D eigenvalue weighted by atomic mass is 10.1. The lowest BCUT2D eigenvalue weighted by molar-refractivity contribution is -0.129. The van der Waals surface area contributed by atoms with Gasteiger partial charge in [-0.2, -0.15) is 0 Å². The molecule has 0 spiro atoms. The van der Waals surface area contributed by atoms with E-state index in [-0.39, 0.29) is 11.7 Å². The van der Waals surface area contributed by atoms with Crippen LogP contribution in [-0.4, -0.2) is 24.5 Å². The number of benzene rings is 1. The van der Waals surface area contributed by atoms with Crippen LogP contribution >= 0.6 is 0 Å². The zero-order valence-electron chi connectivity index (χ0n) is 12.7. The number of hydrogen-bond acceptors (Lipinski definition) is 4. The molecule has 2 rings (SSSR count). The van der Waals surface area contributed by atoms with Gasteiger partial charge in [-0.25, -0.2) is 9.18 Å². The van der Waals surface area contributed by atoms with Gasteiger partial charge in [-0.15, -0.1) is 0 Å². The minimum absolute atomic E-state index is 0.0178. The third kappa shape index (κ3) is 3.27. The summed E-state index contributed by atoms with van der Waals surface area (Å²) in [5.41, 5.74) is 0.884. The van der Waals surface area contributed by atoms with Crippen molar-refractivity contribution in [1.82, 2.24) is 5.32 Å². The maximum absolute atomic E-state index is 13.3. The predicted molar refractivity (Wildman–Crippen MR) is 79.1 cm³/mol. The number of nitrogens with one attached hydrogen (secondary N) is 1. The molecule has 0 radical (unpaired) electrons. The largest absolute Gasteiger partial charge is 0.449 e. The van der Waals surface area contributed by atoms with Crippen molar-refractivity contribution >= 4 is 22.8 Å². The van der Waals surface area contributed by atoms with E-state index in [1.165, 1.54) is 25.1 Å². The van der Waals surface area contributed by atoms with Crippen LogP contribution in [0, 0.1) is 12.7 Å². The van der Waals surface area contributed by atoms with E-state index in [0.717, 1.165) is 6.42 Å². The Hall–Kier alpha value is -2.37. The number of esters is 1. The molecule has 0 aliphatic rings. The zero-order chi connectivity index (χ0) is 16.3. The van der Waals surface area contributed by atoms with Gasteiger partial charge >= 0.3 is 5.97 Å². The van der Waals surface area contributed by atoms with E-state index in [9.17, 15) is 14.0 Å². The van der Waals surface area contributed by atoms with Crippen molar-refractivity contribution in [3.8, 4) is 0 Å². The topological polar surface area (TPSA) is 68.5 Å². The highest BCUT2D eigenvalue weighted by molar-refractivity contribution is 5.97. The number of fused-ring (bicyclic) bond motifs is 1. The van der Waals surface area contributed by atoms with Crippen LogP contribution in [0.4, 0.5) is 4.39 Å². The summed E-state index contributed by atoms with van der Waals surface area (Å²) < 4.78 is 23.8. The highest BCUT2D eigenvalue weighted by Crippen LogP contribution is 2.26. The molecule has 0 aliphatic heterocycles. The van der Waals surface area contributed by atoms with Crippen LogP contribution in [0.2, 0.25) is 0 Å². The van der Waals surface area contributed by atoms with E-state index in [1.807, 2.05) is 6.92 Å².